The number of halogens is 2. The zero-order valence-corrected chi connectivity index (χ0v) is 12.4. The summed E-state index contributed by atoms with van der Waals surface area (Å²) in [5.74, 6) is 0. The summed E-state index contributed by atoms with van der Waals surface area (Å²) in [6.07, 6.45) is 0. The lowest BCUT2D eigenvalue weighted by atomic mass is 10.2. The van der Waals surface area contributed by atoms with Crippen LogP contribution in [0.15, 0.2) is 47.4 Å². The molecular formula is C13H11Cl2NO2S. The van der Waals surface area contributed by atoms with E-state index in [0.29, 0.717) is 5.69 Å². The average Bonchev–Trinajstić information content (AvgIpc) is 2.31. The van der Waals surface area contributed by atoms with Crippen LogP contribution in [-0.4, -0.2) is 8.42 Å². The maximum atomic E-state index is 12.2. The molecule has 2 aromatic carbocycles. The molecule has 0 heterocycles. The van der Waals surface area contributed by atoms with Gasteiger partial charge in [0.05, 0.1) is 4.90 Å². The molecule has 0 unspecified atom stereocenters. The van der Waals surface area contributed by atoms with Crippen LogP contribution in [0.5, 0.6) is 0 Å². The van der Waals surface area contributed by atoms with Crippen LogP contribution in [0.25, 0.3) is 0 Å². The van der Waals surface area contributed by atoms with Crippen LogP contribution in [0.2, 0.25) is 10.0 Å². The molecule has 19 heavy (non-hydrogen) atoms. The number of rotatable bonds is 3. The zero-order valence-electron chi connectivity index (χ0n) is 10.0. The van der Waals surface area contributed by atoms with Gasteiger partial charge in [0.25, 0.3) is 10.0 Å². The summed E-state index contributed by atoms with van der Waals surface area (Å²) in [4.78, 5) is 0.0329. The Morgan fingerprint density at radius 2 is 1.47 bits per heavy atom. The van der Waals surface area contributed by atoms with Gasteiger partial charge in [0, 0.05) is 15.7 Å². The van der Waals surface area contributed by atoms with Gasteiger partial charge >= 0.3 is 0 Å². The van der Waals surface area contributed by atoms with E-state index in [1.165, 1.54) is 18.2 Å². The van der Waals surface area contributed by atoms with Crippen LogP contribution in [0.3, 0.4) is 0 Å². The maximum Gasteiger partial charge on any atom is 0.261 e. The van der Waals surface area contributed by atoms with Crippen molar-refractivity contribution in [3.63, 3.8) is 0 Å². The van der Waals surface area contributed by atoms with E-state index in [9.17, 15) is 8.42 Å². The summed E-state index contributed by atoms with van der Waals surface area (Å²) in [6.45, 7) is 1.93. The van der Waals surface area contributed by atoms with E-state index in [4.69, 9.17) is 23.2 Å². The van der Waals surface area contributed by atoms with Crippen molar-refractivity contribution in [1.82, 2.24) is 0 Å². The number of benzene rings is 2. The molecule has 2 rings (SSSR count). The van der Waals surface area contributed by atoms with Crippen molar-refractivity contribution in [3.05, 3.63) is 58.1 Å². The van der Waals surface area contributed by atoms with Crippen molar-refractivity contribution in [3.8, 4) is 0 Å². The second-order valence-corrected chi connectivity index (χ2v) is 6.63. The van der Waals surface area contributed by atoms with Crippen LogP contribution in [0, 0.1) is 6.92 Å². The van der Waals surface area contributed by atoms with E-state index in [1.54, 1.807) is 12.1 Å². The Bertz CT molecular complexity index is 677. The fraction of sp³-hybridized carbons (Fsp3) is 0.0769. The highest BCUT2D eigenvalue weighted by Gasteiger charge is 2.15. The van der Waals surface area contributed by atoms with Crippen LogP contribution in [0.1, 0.15) is 5.56 Å². The summed E-state index contributed by atoms with van der Waals surface area (Å²) in [6, 6.07) is 11.2. The molecule has 0 spiro atoms. The quantitative estimate of drug-likeness (QED) is 0.926. The van der Waals surface area contributed by atoms with E-state index in [0.717, 1.165) is 5.56 Å². The Balaban J connectivity index is 2.34. The van der Waals surface area contributed by atoms with Gasteiger partial charge in [0.2, 0.25) is 0 Å². The molecule has 100 valence electrons. The van der Waals surface area contributed by atoms with Gasteiger partial charge in [0.1, 0.15) is 0 Å². The Hall–Kier alpha value is -1.23. The monoisotopic (exact) mass is 315 g/mol. The minimum Gasteiger partial charge on any atom is -0.280 e. The molecule has 1 N–H and O–H groups in total. The fourth-order valence-electron chi connectivity index (χ4n) is 1.52. The lowest BCUT2D eigenvalue weighted by molar-refractivity contribution is 0.601. The molecule has 0 bridgehead atoms. The molecule has 0 aromatic heterocycles. The summed E-state index contributed by atoms with van der Waals surface area (Å²) in [7, 11) is -3.69. The van der Waals surface area contributed by atoms with Crippen LogP contribution in [0.4, 0.5) is 5.69 Å². The van der Waals surface area contributed by atoms with Crippen molar-refractivity contribution < 1.29 is 8.42 Å². The standard InChI is InChI=1S/C13H11Cl2NO2S/c1-9-2-4-12(5-3-9)16-19(17,18)13-7-10(14)6-11(15)8-13/h2-8,16H,1H3. The molecule has 0 amide bonds. The predicted octanol–water partition coefficient (Wildman–Crippen LogP) is 4.10. The van der Waals surface area contributed by atoms with Gasteiger partial charge in [-0.25, -0.2) is 8.42 Å². The van der Waals surface area contributed by atoms with Crippen LogP contribution in [-0.2, 0) is 10.0 Å². The third kappa shape index (κ3) is 3.62. The number of nitrogens with one attached hydrogen (secondary N) is 1. The summed E-state index contributed by atoms with van der Waals surface area (Å²) in [5.41, 5.74) is 1.54. The predicted molar refractivity (Wildman–Crippen MR) is 78.4 cm³/mol. The number of hydrogen-bond acceptors (Lipinski definition) is 2. The molecule has 0 aliphatic heterocycles. The van der Waals surface area contributed by atoms with Gasteiger partial charge in [-0.2, -0.15) is 0 Å². The smallest absolute Gasteiger partial charge is 0.261 e. The van der Waals surface area contributed by atoms with Gasteiger partial charge in [-0.05, 0) is 37.3 Å². The number of aryl methyl sites for hydroxylation is 1. The van der Waals surface area contributed by atoms with Crippen LogP contribution < -0.4 is 4.72 Å². The van der Waals surface area contributed by atoms with Crippen LogP contribution >= 0.6 is 23.2 Å². The highest BCUT2D eigenvalue weighted by molar-refractivity contribution is 7.92. The molecule has 0 saturated carbocycles. The first-order valence-corrected chi connectivity index (χ1v) is 7.66. The van der Waals surface area contributed by atoms with Crippen molar-refractivity contribution in [2.24, 2.45) is 0 Å². The molecule has 6 heteroatoms. The second kappa shape index (κ2) is 5.41. The summed E-state index contributed by atoms with van der Waals surface area (Å²) >= 11 is 11.6. The van der Waals surface area contributed by atoms with Gasteiger partial charge in [-0.3, -0.25) is 4.72 Å². The van der Waals surface area contributed by atoms with Gasteiger partial charge < -0.3 is 0 Å². The molecule has 0 fully saturated rings. The molecule has 2 aromatic rings. The fourth-order valence-corrected chi connectivity index (χ4v) is 3.30. The number of sulfonamides is 1. The highest BCUT2D eigenvalue weighted by atomic mass is 35.5. The van der Waals surface area contributed by atoms with E-state index in [1.807, 2.05) is 19.1 Å². The number of hydrogen-bond donors (Lipinski definition) is 1. The van der Waals surface area contributed by atoms with Crippen molar-refractivity contribution in [1.29, 1.82) is 0 Å². The first-order valence-electron chi connectivity index (χ1n) is 5.42. The lowest BCUT2D eigenvalue weighted by Gasteiger charge is -2.09. The minimum atomic E-state index is -3.69. The second-order valence-electron chi connectivity index (χ2n) is 4.08. The Kier molecular flexibility index (Phi) is 4.04. The average molecular weight is 316 g/mol. The Morgan fingerprint density at radius 3 is 2.00 bits per heavy atom. The normalized spacial score (nSPS) is 11.3. The summed E-state index contributed by atoms with van der Waals surface area (Å²) < 4.78 is 26.8. The maximum absolute atomic E-state index is 12.2. The summed E-state index contributed by atoms with van der Waals surface area (Å²) in [5, 5.41) is 0.550. The molecule has 0 aliphatic rings. The zero-order chi connectivity index (χ0) is 14.0. The third-order valence-corrected chi connectivity index (χ3v) is 4.25. The van der Waals surface area contributed by atoms with Crippen molar-refractivity contribution in [2.45, 2.75) is 11.8 Å². The molecule has 0 atom stereocenters. The molecule has 3 nitrogen and oxygen atoms in total. The van der Waals surface area contributed by atoms with E-state index < -0.39 is 10.0 Å². The molecule has 0 radical (unpaired) electrons. The van der Waals surface area contributed by atoms with Crippen molar-refractivity contribution in [2.75, 3.05) is 4.72 Å². The lowest BCUT2D eigenvalue weighted by Crippen LogP contribution is -2.12. The Labute approximate surface area is 122 Å². The minimum absolute atomic E-state index is 0.0329. The van der Waals surface area contributed by atoms with Crippen molar-refractivity contribution >= 4 is 38.9 Å². The molecule has 0 saturated heterocycles. The molecule has 0 aliphatic carbocycles. The van der Waals surface area contributed by atoms with Gasteiger partial charge in [-0.1, -0.05) is 40.9 Å². The highest BCUT2D eigenvalue weighted by Crippen LogP contribution is 2.24. The van der Waals surface area contributed by atoms with E-state index in [-0.39, 0.29) is 14.9 Å². The van der Waals surface area contributed by atoms with Gasteiger partial charge in [0.15, 0.2) is 0 Å². The number of anilines is 1. The first-order chi connectivity index (χ1) is 8.87. The Morgan fingerprint density at radius 1 is 0.947 bits per heavy atom. The molecular weight excluding hydrogens is 305 g/mol. The van der Waals surface area contributed by atoms with E-state index >= 15 is 0 Å². The third-order valence-electron chi connectivity index (χ3n) is 2.45. The SMILES string of the molecule is Cc1ccc(NS(=O)(=O)c2cc(Cl)cc(Cl)c2)cc1. The van der Waals surface area contributed by atoms with E-state index in [2.05, 4.69) is 4.72 Å². The topological polar surface area (TPSA) is 46.2 Å². The largest absolute Gasteiger partial charge is 0.280 e. The first kappa shape index (κ1) is 14.2. The van der Waals surface area contributed by atoms with Gasteiger partial charge in [-0.15, -0.1) is 0 Å².